The maximum atomic E-state index is 13.5. The quantitative estimate of drug-likeness (QED) is 0.442. The van der Waals surface area contributed by atoms with Gasteiger partial charge in [0.1, 0.15) is 0 Å². The van der Waals surface area contributed by atoms with Crippen molar-refractivity contribution in [2.45, 2.75) is 36.7 Å². The zero-order valence-electron chi connectivity index (χ0n) is 16.7. The van der Waals surface area contributed by atoms with E-state index in [0.717, 1.165) is 11.1 Å². The highest BCUT2D eigenvalue weighted by Crippen LogP contribution is 2.39. The summed E-state index contributed by atoms with van der Waals surface area (Å²) in [7, 11) is -3.96. The summed E-state index contributed by atoms with van der Waals surface area (Å²) in [4.78, 5) is -1.34. The summed E-state index contributed by atoms with van der Waals surface area (Å²) in [6, 6.07) is 21.1. The summed E-state index contributed by atoms with van der Waals surface area (Å²) in [5.41, 5.74) is 10.2. The van der Waals surface area contributed by atoms with Crippen LogP contribution in [0.25, 0.3) is 0 Å². The Morgan fingerprint density at radius 3 is 1.90 bits per heavy atom. The van der Waals surface area contributed by atoms with Crippen molar-refractivity contribution in [1.82, 2.24) is 4.72 Å². The van der Waals surface area contributed by atoms with Crippen molar-refractivity contribution in [2.24, 2.45) is 5.73 Å². The zero-order chi connectivity index (χ0) is 21.2. The van der Waals surface area contributed by atoms with Crippen LogP contribution in [0.1, 0.15) is 33.9 Å². The van der Waals surface area contributed by atoms with Crippen molar-refractivity contribution < 1.29 is 8.42 Å². The average molecular weight is 429 g/mol. The van der Waals surface area contributed by atoms with Gasteiger partial charge in [0.05, 0.1) is 10.9 Å². The fourth-order valence-corrected chi connectivity index (χ4v) is 5.97. The predicted octanol–water partition coefficient (Wildman–Crippen LogP) is 4.68. The van der Waals surface area contributed by atoms with Gasteiger partial charge in [-0.25, -0.2) is 8.42 Å². The van der Waals surface area contributed by atoms with Crippen LogP contribution in [0.5, 0.6) is 0 Å². The fraction of sp³-hybridized carbons (Fsp3) is 0.217. The number of hydrogen-bond donors (Lipinski definition) is 2. The second kappa shape index (κ2) is 8.28. The van der Waals surface area contributed by atoms with E-state index in [9.17, 15) is 8.42 Å². The highest BCUT2D eigenvalue weighted by molar-refractivity contribution is 7.89. The molecule has 3 aromatic rings. The summed E-state index contributed by atoms with van der Waals surface area (Å²) in [6.45, 7) is 5.50. The standard InChI is InChI=1S/C23H25ClN2O2S/c1-16-14-17(2)21(18(3)15-16)29(27,28)26-23(24,20-12-8-5-9-13-20)22(25)19-10-6-4-7-11-19/h4-15,22,26H,25H2,1-3H3/t22-,23-/m1/s1. The van der Waals surface area contributed by atoms with Crippen LogP contribution in [0.3, 0.4) is 0 Å². The van der Waals surface area contributed by atoms with Gasteiger partial charge in [0, 0.05) is 0 Å². The molecule has 0 saturated heterocycles. The van der Waals surface area contributed by atoms with Gasteiger partial charge in [0.25, 0.3) is 0 Å². The first-order valence-electron chi connectivity index (χ1n) is 9.32. The van der Waals surface area contributed by atoms with E-state index in [2.05, 4.69) is 4.72 Å². The average Bonchev–Trinajstić information content (AvgIpc) is 2.67. The van der Waals surface area contributed by atoms with E-state index in [0.29, 0.717) is 16.7 Å². The van der Waals surface area contributed by atoms with Gasteiger partial charge in [-0.1, -0.05) is 90.0 Å². The summed E-state index contributed by atoms with van der Waals surface area (Å²) in [6.07, 6.45) is 0. The van der Waals surface area contributed by atoms with E-state index in [1.165, 1.54) is 0 Å². The highest BCUT2D eigenvalue weighted by atomic mass is 35.5. The van der Waals surface area contributed by atoms with E-state index in [-0.39, 0.29) is 4.90 Å². The first-order valence-corrected chi connectivity index (χ1v) is 11.2. The Morgan fingerprint density at radius 1 is 0.897 bits per heavy atom. The molecule has 0 radical (unpaired) electrons. The van der Waals surface area contributed by atoms with Crippen molar-refractivity contribution in [3.63, 3.8) is 0 Å². The van der Waals surface area contributed by atoms with E-state index < -0.39 is 21.1 Å². The maximum absolute atomic E-state index is 13.5. The molecule has 6 heteroatoms. The molecule has 0 heterocycles. The van der Waals surface area contributed by atoms with Gasteiger partial charge in [0.2, 0.25) is 10.0 Å². The van der Waals surface area contributed by atoms with Gasteiger partial charge in [-0.15, -0.1) is 0 Å². The van der Waals surface area contributed by atoms with Gasteiger partial charge in [-0.05, 0) is 43.0 Å². The van der Waals surface area contributed by atoms with Crippen molar-refractivity contribution in [3.8, 4) is 0 Å². The SMILES string of the molecule is Cc1cc(C)c(S(=O)(=O)N[C@](Cl)(c2ccccc2)[C@H](N)c2ccccc2)c(C)c1. The normalized spacial score (nSPS) is 14.9. The predicted molar refractivity (Wildman–Crippen MR) is 118 cm³/mol. The lowest BCUT2D eigenvalue weighted by Crippen LogP contribution is -2.49. The van der Waals surface area contributed by atoms with Crippen LogP contribution in [-0.2, 0) is 15.0 Å². The largest absolute Gasteiger partial charge is 0.321 e. The van der Waals surface area contributed by atoms with Crippen LogP contribution in [0, 0.1) is 20.8 Å². The lowest BCUT2D eigenvalue weighted by atomic mass is 9.94. The molecular weight excluding hydrogens is 404 g/mol. The van der Waals surface area contributed by atoms with E-state index in [1.807, 2.05) is 55.5 Å². The lowest BCUT2D eigenvalue weighted by Gasteiger charge is -2.35. The molecule has 0 aliphatic heterocycles. The highest BCUT2D eigenvalue weighted by Gasteiger charge is 2.42. The maximum Gasteiger partial charge on any atom is 0.242 e. The Kier molecular flexibility index (Phi) is 6.15. The van der Waals surface area contributed by atoms with Crippen LogP contribution < -0.4 is 10.5 Å². The Morgan fingerprint density at radius 2 is 1.38 bits per heavy atom. The Hall–Kier alpha value is -2.18. The van der Waals surface area contributed by atoms with Crippen LogP contribution in [0.15, 0.2) is 77.7 Å². The number of alkyl halides is 1. The van der Waals surface area contributed by atoms with E-state index >= 15 is 0 Å². The second-order valence-corrected chi connectivity index (χ2v) is 9.51. The van der Waals surface area contributed by atoms with E-state index in [4.69, 9.17) is 17.3 Å². The van der Waals surface area contributed by atoms with Crippen molar-refractivity contribution in [1.29, 1.82) is 0 Å². The molecule has 0 amide bonds. The van der Waals surface area contributed by atoms with Crippen LogP contribution >= 0.6 is 11.6 Å². The number of aryl methyl sites for hydroxylation is 3. The molecule has 0 aliphatic rings. The van der Waals surface area contributed by atoms with E-state index in [1.54, 1.807) is 38.1 Å². The third kappa shape index (κ3) is 4.38. The van der Waals surface area contributed by atoms with Gasteiger partial charge < -0.3 is 5.73 Å². The second-order valence-electron chi connectivity index (χ2n) is 7.30. The summed E-state index contributed by atoms with van der Waals surface area (Å²) in [5.74, 6) is 0. The number of nitrogens with two attached hydrogens (primary N) is 1. The lowest BCUT2D eigenvalue weighted by molar-refractivity contribution is 0.452. The summed E-state index contributed by atoms with van der Waals surface area (Å²) < 4.78 is 29.6. The molecule has 0 fully saturated rings. The molecule has 152 valence electrons. The molecular formula is C23H25ClN2O2S. The molecule has 29 heavy (non-hydrogen) atoms. The molecule has 0 bridgehead atoms. The molecule has 3 N–H and O–H groups in total. The summed E-state index contributed by atoms with van der Waals surface area (Å²) >= 11 is 7.00. The third-order valence-corrected chi connectivity index (χ3v) is 7.37. The Bertz CT molecular complexity index is 1080. The molecule has 3 aromatic carbocycles. The van der Waals surface area contributed by atoms with Crippen LogP contribution in [0.4, 0.5) is 0 Å². The minimum Gasteiger partial charge on any atom is -0.321 e. The third-order valence-electron chi connectivity index (χ3n) is 4.94. The Balaban J connectivity index is 2.14. The van der Waals surface area contributed by atoms with Crippen molar-refractivity contribution >= 4 is 21.6 Å². The number of benzene rings is 3. The minimum absolute atomic E-state index is 0.226. The molecule has 0 aromatic heterocycles. The first-order chi connectivity index (χ1) is 13.6. The molecule has 2 atom stereocenters. The van der Waals surface area contributed by atoms with Crippen LogP contribution in [-0.4, -0.2) is 8.42 Å². The van der Waals surface area contributed by atoms with Crippen molar-refractivity contribution in [2.75, 3.05) is 0 Å². The molecule has 0 unspecified atom stereocenters. The molecule has 0 aliphatic carbocycles. The van der Waals surface area contributed by atoms with Gasteiger partial charge in [0.15, 0.2) is 5.00 Å². The zero-order valence-corrected chi connectivity index (χ0v) is 18.3. The van der Waals surface area contributed by atoms with Gasteiger partial charge in [-0.2, -0.15) is 4.72 Å². The smallest absolute Gasteiger partial charge is 0.242 e. The van der Waals surface area contributed by atoms with Gasteiger partial charge in [-0.3, -0.25) is 0 Å². The van der Waals surface area contributed by atoms with Crippen LogP contribution in [0.2, 0.25) is 0 Å². The molecule has 3 rings (SSSR count). The minimum atomic E-state index is -3.96. The number of sulfonamides is 1. The summed E-state index contributed by atoms with van der Waals surface area (Å²) in [5, 5.41) is 0. The molecule has 4 nitrogen and oxygen atoms in total. The van der Waals surface area contributed by atoms with Crippen molar-refractivity contribution in [3.05, 3.63) is 101 Å². The monoisotopic (exact) mass is 428 g/mol. The fourth-order valence-electron chi connectivity index (χ4n) is 3.71. The van der Waals surface area contributed by atoms with Gasteiger partial charge >= 0.3 is 0 Å². The number of halogens is 1. The number of rotatable bonds is 6. The topological polar surface area (TPSA) is 72.2 Å². The molecule has 0 saturated carbocycles. The first kappa shape index (κ1) is 21.5. The number of hydrogen-bond acceptors (Lipinski definition) is 3. The molecule has 0 spiro atoms. The Labute approximate surface area is 177 Å². The number of nitrogens with one attached hydrogen (secondary N) is 1.